The average molecular weight is 1990 g/mol. The van der Waals surface area contributed by atoms with Gasteiger partial charge in [-0.1, -0.05) is 92.6 Å². The summed E-state index contributed by atoms with van der Waals surface area (Å²) in [5.74, 6) is 0.580. The number of nitro groups is 4. The van der Waals surface area contributed by atoms with Crippen LogP contribution in [0, 0.1) is 68.2 Å². The highest BCUT2D eigenvalue weighted by Crippen LogP contribution is 2.48. The number of carbonyl (C=O) groups excluding carboxylic acids is 2. The molecule has 12 aromatic carbocycles. The van der Waals surface area contributed by atoms with E-state index in [1.807, 2.05) is 37.3 Å². The molecule has 3 N–H and O–H groups in total. The van der Waals surface area contributed by atoms with E-state index >= 15 is 0 Å². The number of Topliss-reactive ketones (excluding diaryl/α,β-unsaturated/α-hetero) is 2. The van der Waals surface area contributed by atoms with E-state index in [1.165, 1.54) is 161 Å². The third kappa shape index (κ3) is 20.2. The first kappa shape index (κ1) is 102. The Morgan fingerprint density at radius 2 is 0.682 bits per heavy atom. The Labute approximate surface area is 862 Å². The van der Waals surface area contributed by atoms with Crippen molar-refractivity contribution >= 4 is 176 Å². The number of nitrogens with one attached hydrogen (secondary N) is 1. The molecule has 26 nitrogen and oxygen atoms in total. The fourth-order valence-corrected chi connectivity index (χ4v) is 24.4. The highest BCUT2D eigenvalue weighted by Gasteiger charge is 2.33. The molecule has 764 valence electrons. The van der Waals surface area contributed by atoms with Crippen LogP contribution < -0.4 is 11.1 Å². The molecule has 18 aromatic rings. The third-order valence-electron chi connectivity index (χ3n) is 31.9. The fourth-order valence-electron chi connectivity index (χ4n) is 24.4. The van der Waals surface area contributed by atoms with Crippen molar-refractivity contribution in [1.82, 2.24) is 52.3 Å². The number of carbonyl (C=O) groups is 2. The zero-order chi connectivity index (χ0) is 104. The van der Waals surface area contributed by atoms with E-state index in [0.717, 1.165) is 242 Å². The maximum Gasteiger partial charge on any atom is 0.270 e. The predicted molar refractivity (Wildman–Crippen MR) is 606 cm³/mol. The van der Waals surface area contributed by atoms with Crippen LogP contribution in [0.5, 0.6) is 0 Å². The number of non-ortho nitro benzene ring substituents is 4. The third-order valence-corrected chi connectivity index (χ3v) is 31.9. The number of likely N-dealkylation sites (tertiary alicyclic amines) is 2. The standard InChI is InChI=1S/C23H24N2O.C21H20N2O.2C20H23N3O2.C20H25N3O2.C18H21N3O2/c1-3-24-12-13-25-19-9-6-15-14(2)4-5-17(15)22(19)23-18-8-11-21(26)16(18)7-10-20(23)25;1-12-2-3-15-13(12)4-7-17-20(15)21-16-6-9-19(24)14(16)5-8-18(21)23(17)11-10-22;1-14-5-7-19-17(12-14)18-13-16(23(24)25)6-8-20(18)22(19)11-9-15-4-3-10-21(15)2;1-15-5-7-19-17(13-15)18-14-16(23(24)25)6-8-20(18)22(19)12-4-11-21-9-2-3-10-21;1-4-21(5-2)11-6-12-22-19-9-7-15(3)13-17(19)18-14-16(23(24)25)8-10-20(18)22;1-13-5-7-17-15(11-13)16-12-14(21(22)23)6-8-18(16)20(17)10-4-9-19(2)3/h6-7,9-10,24H,2-5,8,11-13H2,1H3;4-5,7-8H,1-3,6,9-11,22H2;5-8,12-13,15H,3-4,9-11H2,1-2H3;5-8,13-14H,2-4,9-12H2,1H3;7-10,13-14H,4-6,11-12H2,1-3H3;5-8,11-12H,4,9-10H2,1-3H3. The van der Waals surface area contributed by atoms with Gasteiger partial charge in [0.05, 0.1) is 19.7 Å². The van der Waals surface area contributed by atoms with Crippen molar-refractivity contribution < 1.29 is 29.3 Å². The normalized spacial score (nSPS) is 15.0. The molecule has 26 heteroatoms. The summed E-state index contributed by atoms with van der Waals surface area (Å²) in [5, 5.41) is 61.7. The van der Waals surface area contributed by atoms with Crippen molar-refractivity contribution in [1.29, 1.82) is 0 Å². The van der Waals surface area contributed by atoms with E-state index in [9.17, 15) is 50.0 Å². The van der Waals surface area contributed by atoms with Gasteiger partial charge in [0.1, 0.15) is 0 Å². The Morgan fingerprint density at radius 3 is 1.03 bits per heavy atom. The molecule has 1 unspecified atom stereocenters. The summed E-state index contributed by atoms with van der Waals surface area (Å²) >= 11 is 0. The molecule has 0 bridgehead atoms. The van der Waals surface area contributed by atoms with E-state index < -0.39 is 0 Å². The van der Waals surface area contributed by atoms with E-state index in [2.05, 4.69) is 243 Å². The minimum Gasteiger partial charge on any atom is -0.340 e. The molecule has 4 aliphatic carbocycles. The molecule has 6 aliphatic rings. The van der Waals surface area contributed by atoms with Crippen LogP contribution >= 0.6 is 0 Å². The van der Waals surface area contributed by atoms with Crippen LogP contribution in [0.1, 0.15) is 174 Å². The SMILES string of the molecule is C=C1CCc2c1ccc1c2c2c3c(ccc2n1CCN)C(=O)CC3.C=C1CCc2c1ccc1c2c2c3c(ccc2n1CCNCC)C(=O)CC3.CCN(CC)CCCn1c2ccc(C)cc2c2cc([N+](=O)[O-])ccc21.Cc1ccc2c(c1)c1cc([N+](=O)[O-])ccc1n2CCC1CCCN1C.Cc1ccc2c(c1)c1cc([N+](=O)[O-])ccc1n2CCCN(C)C.Cc1ccc2c(c1)c1cc([N+](=O)[O-])ccc1n2CCCN1CCCC1. The molecule has 2 saturated heterocycles. The van der Waals surface area contributed by atoms with E-state index in [4.69, 9.17) is 5.73 Å². The van der Waals surface area contributed by atoms with E-state index in [-0.39, 0.29) is 48.2 Å². The van der Waals surface area contributed by atoms with Crippen molar-refractivity contribution in [2.75, 3.05) is 93.1 Å². The van der Waals surface area contributed by atoms with Crippen LogP contribution in [0.4, 0.5) is 22.7 Å². The number of benzene rings is 12. The largest absolute Gasteiger partial charge is 0.340 e. The molecule has 148 heavy (non-hydrogen) atoms. The Kier molecular flexibility index (Phi) is 30.4. The first-order valence-electron chi connectivity index (χ1n) is 53.1. The van der Waals surface area contributed by atoms with E-state index in [1.54, 1.807) is 48.5 Å². The molecule has 2 fully saturated rings. The van der Waals surface area contributed by atoms with Crippen LogP contribution in [0.25, 0.3) is 142 Å². The lowest BCUT2D eigenvalue weighted by Crippen LogP contribution is -2.26. The van der Waals surface area contributed by atoms with E-state index in [0.29, 0.717) is 31.2 Å². The average Bonchev–Trinajstić information content (AvgIpc) is 1.56. The quantitative estimate of drug-likeness (QED) is 0.0275. The van der Waals surface area contributed by atoms with Gasteiger partial charge in [0, 0.05) is 262 Å². The highest BCUT2D eigenvalue weighted by molar-refractivity contribution is 6.20. The van der Waals surface area contributed by atoms with Gasteiger partial charge in [-0.2, -0.15) is 0 Å². The molecule has 24 rings (SSSR count). The molecule has 0 radical (unpaired) electrons. The number of likely N-dealkylation sites (N-methyl/N-ethyl adjacent to an activating group) is 1. The number of ketones is 2. The summed E-state index contributed by atoms with van der Waals surface area (Å²) < 4.78 is 14.0. The van der Waals surface area contributed by atoms with Gasteiger partial charge in [0.2, 0.25) is 0 Å². The zero-order valence-corrected chi connectivity index (χ0v) is 87.2. The lowest BCUT2D eigenvalue weighted by Gasteiger charge is -2.20. The summed E-state index contributed by atoms with van der Waals surface area (Å²) in [6.45, 7) is 40.2. The molecule has 2 aliphatic heterocycles. The Bertz CT molecular complexity index is 8010. The molecule has 0 amide bonds. The fraction of sp³-hybridized carbons (Fsp3) is 0.361. The topological polar surface area (TPSA) is 287 Å². The van der Waals surface area contributed by atoms with Crippen LogP contribution in [0.2, 0.25) is 0 Å². The highest BCUT2D eigenvalue weighted by atomic mass is 16.6. The van der Waals surface area contributed by atoms with Crippen molar-refractivity contribution in [2.24, 2.45) is 5.73 Å². The van der Waals surface area contributed by atoms with Crippen molar-refractivity contribution in [3.05, 3.63) is 315 Å². The van der Waals surface area contributed by atoms with Gasteiger partial charge in [-0.05, 0) is 351 Å². The minimum atomic E-state index is -0.329. The summed E-state index contributed by atoms with van der Waals surface area (Å²) in [7, 11) is 6.34. The summed E-state index contributed by atoms with van der Waals surface area (Å²) in [6.07, 6.45) is 16.7. The van der Waals surface area contributed by atoms with Gasteiger partial charge in [0.25, 0.3) is 22.7 Å². The van der Waals surface area contributed by atoms with Gasteiger partial charge in [-0.25, -0.2) is 0 Å². The van der Waals surface area contributed by atoms with Gasteiger partial charge >= 0.3 is 0 Å². The summed E-state index contributed by atoms with van der Waals surface area (Å²) in [4.78, 5) is 77.4. The number of nitrogens with two attached hydrogens (primary N) is 1. The molecule has 0 saturated carbocycles. The number of nitrogens with zero attached hydrogens (tertiary/aromatic N) is 14. The monoisotopic (exact) mass is 1990 g/mol. The van der Waals surface area contributed by atoms with Crippen molar-refractivity contribution in [3.63, 3.8) is 0 Å². The Balaban J connectivity index is 0.000000112. The number of aryl methyl sites for hydroxylation is 12. The maximum absolute atomic E-state index is 12.3. The predicted octanol–water partition coefficient (Wildman–Crippen LogP) is 26.0. The van der Waals surface area contributed by atoms with Crippen LogP contribution in [0.3, 0.4) is 0 Å². The number of nitro benzene ring substituents is 4. The van der Waals surface area contributed by atoms with Gasteiger partial charge < -0.3 is 58.1 Å². The molecule has 0 spiro atoms. The van der Waals surface area contributed by atoms with Crippen LogP contribution in [-0.4, -0.2) is 177 Å². The summed E-state index contributed by atoms with van der Waals surface area (Å²) in [5.41, 5.74) is 37.5. The molecule has 6 aromatic heterocycles. The van der Waals surface area contributed by atoms with Crippen molar-refractivity contribution in [2.45, 2.75) is 197 Å². The van der Waals surface area contributed by atoms with Crippen LogP contribution in [-0.2, 0) is 65.0 Å². The second-order valence-corrected chi connectivity index (χ2v) is 41.5. The lowest BCUT2D eigenvalue weighted by molar-refractivity contribution is -0.384. The first-order valence-corrected chi connectivity index (χ1v) is 53.1. The van der Waals surface area contributed by atoms with Gasteiger partial charge in [-0.3, -0.25) is 50.0 Å². The van der Waals surface area contributed by atoms with Crippen LogP contribution in [0.15, 0.2) is 207 Å². The molecule has 8 heterocycles. The van der Waals surface area contributed by atoms with Gasteiger partial charge in [0.15, 0.2) is 11.6 Å². The Morgan fingerprint density at radius 1 is 0.365 bits per heavy atom. The smallest absolute Gasteiger partial charge is 0.270 e. The van der Waals surface area contributed by atoms with Gasteiger partial charge in [-0.15, -0.1) is 0 Å². The summed E-state index contributed by atoms with van der Waals surface area (Å²) in [6, 6.07) is 64.3. The minimum absolute atomic E-state index is 0.145. The number of rotatable bonds is 27. The Hall–Kier alpha value is -14.4. The molecule has 1 atom stereocenters. The number of fused-ring (bicyclic) bond motifs is 26. The molecular formula is C122H136N16O10. The molecular weight excluding hydrogens is 1850 g/mol. The van der Waals surface area contributed by atoms with Crippen molar-refractivity contribution in [3.8, 4) is 0 Å². The number of hydrogen-bond acceptors (Lipinski definition) is 16. The number of allylic oxidation sites excluding steroid dienone is 2. The second kappa shape index (κ2) is 44.0. The maximum atomic E-state index is 12.3. The second-order valence-electron chi connectivity index (χ2n) is 41.5. The zero-order valence-electron chi connectivity index (χ0n) is 87.2. The number of hydrogen-bond donors (Lipinski definition) is 2. The number of aromatic nitrogens is 6. The first-order chi connectivity index (χ1) is 71.6. The lowest BCUT2D eigenvalue weighted by atomic mass is 9.97.